The van der Waals surface area contributed by atoms with Gasteiger partial charge in [0.25, 0.3) is 0 Å². The molecule has 0 saturated heterocycles. The molecule has 0 atom stereocenters. The highest BCUT2D eigenvalue weighted by atomic mass is 16.5. The molecule has 0 unspecified atom stereocenters. The van der Waals surface area contributed by atoms with Crippen LogP contribution < -0.4 is 0 Å². The molecule has 0 spiro atoms. The van der Waals surface area contributed by atoms with Crippen molar-refractivity contribution in [3.63, 3.8) is 0 Å². The lowest BCUT2D eigenvalue weighted by Crippen LogP contribution is -2.28. The molecule has 0 rings (SSSR count). The Morgan fingerprint density at radius 1 is 0.938 bits per heavy atom. The third kappa shape index (κ3) is 9.38. The van der Waals surface area contributed by atoms with Gasteiger partial charge in [-0.05, 0) is 0 Å². The molecule has 6 heteroatoms. The molecule has 1 N–H and O–H groups in total. The topological polar surface area (TPSA) is 89.5 Å². The van der Waals surface area contributed by atoms with Crippen molar-refractivity contribution in [1.29, 1.82) is 10.5 Å². The van der Waals surface area contributed by atoms with Crippen LogP contribution in [-0.4, -0.2) is 62.7 Å². The Kier molecular flexibility index (Phi) is 11.0. The van der Waals surface area contributed by atoms with Crippen molar-refractivity contribution in [1.82, 2.24) is 4.90 Å². The maximum atomic E-state index is 8.48. The van der Waals surface area contributed by atoms with Crippen molar-refractivity contribution in [3.8, 4) is 12.1 Å². The molecule has 0 saturated carbocycles. The van der Waals surface area contributed by atoms with E-state index >= 15 is 0 Å². The molecule has 16 heavy (non-hydrogen) atoms. The zero-order chi connectivity index (χ0) is 12.1. The first-order valence-electron chi connectivity index (χ1n) is 5.07. The summed E-state index contributed by atoms with van der Waals surface area (Å²) >= 11 is 0. The standard InChI is InChI=1S/C10H17N3O3/c11-1-3-13(4-2-12)5-7-15-9-10-16-8-6-14/h14H,3-10H2. The van der Waals surface area contributed by atoms with Gasteiger partial charge in [0.05, 0.1) is 58.3 Å². The number of rotatable bonds is 10. The zero-order valence-corrected chi connectivity index (χ0v) is 9.26. The van der Waals surface area contributed by atoms with Gasteiger partial charge in [0, 0.05) is 6.54 Å². The first kappa shape index (κ1) is 14.8. The number of nitriles is 2. The average Bonchev–Trinajstić information content (AvgIpc) is 2.28. The summed E-state index contributed by atoms with van der Waals surface area (Å²) in [4.78, 5) is 1.70. The molecule has 0 bridgehead atoms. The Labute approximate surface area is 95.6 Å². The van der Waals surface area contributed by atoms with E-state index in [0.29, 0.717) is 33.0 Å². The van der Waals surface area contributed by atoms with Crippen molar-refractivity contribution in [2.75, 3.05) is 52.7 Å². The van der Waals surface area contributed by atoms with Gasteiger partial charge in [0.2, 0.25) is 0 Å². The van der Waals surface area contributed by atoms with E-state index in [1.807, 2.05) is 12.1 Å². The van der Waals surface area contributed by atoms with Crippen molar-refractivity contribution in [2.45, 2.75) is 0 Å². The van der Waals surface area contributed by atoms with Gasteiger partial charge in [-0.3, -0.25) is 4.90 Å². The number of hydrogen-bond donors (Lipinski definition) is 1. The van der Waals surface area contributed by atoms with E-state index < -0.39 is 0 Å². The summed E-state index contributed by atoms with van der Waals surface area (Å²) in [6.45, 7) is 2.71. The second-order valence-corrected chi connectivity index (χ2v) is 2.98. The largest absolute Gasteiger partial charge is 0.394 e. The Balaban J connectivity index is 3.34. The van der Waals surface area contributed by atoms with Crippen molar-refractivity contribution in [2.24, 2.45) is 0 Å². The van der Waals surface area contributed by atoms with Crippen LogP contribution in [0.4, 0.5) is 0 Å². The Bertz CT molecular complexity index is 218. The summed E-state index contributed by atoms with van der Waals surface area (Å²) in [6.07, 6.45) is 0. The Morgan fingerprint density at radius 3 is 2.00 bits per heavy atom. The van der Waals surface area contributed by atoms with Gasteiger partial charge in [-0.15, -0.1) is 0 Å². The van der Waals surface area contributed by atoms with Crippen molar-refractivity contribution in [3.05, 3.63) is 0 Å². The smallest absolute Gasteiger partial charge is 0.0875 e. The van der Waals surface area contributed by atoms with E-state index in [0.717, 1.165) is 0 Å². The first-order chi connectivity index (χ1) is 7.85. The molecule has 0 amide bonds. The van der Waals surface area contributed by atoms with E-state index in [1.165, 1.54) is 0 Å². The summed E-state index contributed by atoms with van der Waals surface area (Å²) in [6, 6.07) is 3.98. The quantitative estimate of drug-likeness (QED) is 0.394. The summed E-state index contributed by atoms with van der Waals surface area (Å²) in [5.74, 6) is 0. The molecular formula is C10H17N3O3. The number of hydrogen-bond acceptors (Lipinski definition) is 6. The fraction of sp³-hybridized carbons (Fsp3) is 0.800. The molecule has 90 valence electrons. The maximum Gasteiger partial charge on any atom is 0.0875 e. The normalized spacial score (nSPS) is 10.0. The highest BCUT2D eigenvalue weighted by Gasteiger charge is 2.02. The van der Waals surface area contributed by atoms with Crippen LogP contribution in [-0.2, 0) is 9.47 Å². The molecule has 0 heterocycles. The van der Waals surface area contributed by atoms with Crippen LogP contribution in [0.2, 0.25) is 0 Å². The predicted molar refractivity (Wildman–Crippen MR) is 56.4 cm³/mol. The lowest BCUT2D eigenvalue weighted by Gasteiger charge is -2.14. The average molecular weight is 227 g/mol. The minimum Gasteiger partial charge on any atom is -0.394 e. The van der Waals surface area contributed by atoms with E-state index in [9.17, 15) is 0 Å². The van der Waals surface area contributed by atoms with E-state index in [-0.39, 0.29) is 19.7 Å². The van der Waals surface area contributed by atoms with Crippen molar-refractivity contribution >= 4 is 0 Å². The maximum absolute atomic E-state index is 8.48. The fourth-order valence-electron chi connectivity index (χ4n) is 0.994. The number of aliphatic hydroxyl groups excluding tert-OH is 1. The fourth-order valence-corrected chi connectivity index (χ4v) is 0.994. The second kappa shape index (κ2) is 11.9. The van der Waals surface area contributed by atoms with Crippen LogP contribution in [0, 0.1) is 22.7 Å². The number of nitrogens with zero attached hydrogens (tertiary/aromatic N) is 3. The molecule has 0 aliphatic heterocycles. The van der Waals surface area contributed by atoms with Crippen LogP contribution >= 0.6 is 0 Å². The number of ether oxygens (including phenoxy) is 2. The molecule has 0 fully saturated rings. The molecular weight excluding hydrogens is 210 g/mol. The predicted octanol–water partition coefficient (Wildman–Crippen LogP) is -0.639. The Morgan fingerprint density at radius 2 is 1.50 bits per heavy atom. The van der Waals surface area contributed by atoms with Gasteiger partial charge in [-0.1, -0.05) is 0 Å². The van der Waals surface area contributed by atoms with Crippen LogP contribution in [0.1, 0.15) is 0 Å². The van der Waals surface area contributed by atoms with E-state index in [4.69, 9.17) is 25.1 Å². The van der Waals surface area contributed by atoms with Gasteiger partial charge in [-0.2, -0.15) is 10.5 Å². The van der Waals surface area contributed by atoms with Crippen LogP contribution in [0.25, 0.3) is 0 Å². The van der Waals surface area contributed by atoms with E-state index in [1.54, 1.807) is 4.90 Å². The highest BCUT2D eigenvalue weighted by Crippen LogP contribution is 1.87. The molecule has 0 aromatic heterocycles. The van der Waals surface area contributed by atoms with Crippen molar-refractivity contribution < 1.29 is 14.6 Å². The summed E-state index contributed by atoms with van der Waals surface area (Å²) in [7, 11) is 0. The molecule has 6 nitrogen and oxygen atoms in total. The van der Waals surface area contributed by atoms with Crippen LogP contribution in [0.3, 0.4) is 0 Å². The molecule has 0 radical (unpaired) electrons. The van der Waals surface area contributed by atoms with Gasteiger partial charge in [0.15, 0.2) is 0 Å². The van der Waals surface area contributed by atoms with Gasteiger partial charge in [0.1, 0.15) is 0 Å². The van der Waals surface area contributed by atoms with Gasteiger partial charge >= 0.3 is 0 Å². The molecule has 0 aromatic rings. The molecule has 0 aromatic carbocycles. The van der Waals surface area contributed by atoms with Crippen LogP contribution in [0.5, 0.6) is 0 Å². The summed E-state index contributed by atoms with van der Waals surface area (Å²) in [5.41, 5.74) is 0. The monoisotopic (exact) mass is 227 g/mol. The minimum absolute atomic E-state index is 0.0120. The molecule has 0 aliphatic carbocycles. The van der Waals surface area contributed by atoms with Crippen LogP contribution in [0.15, 0.2) is 0 Å². The minimum atomic E-state index is 0.0120. The van der Waals surface area contributed by atoms with Gasteiger partial charge < -0.3 is 14.6 Å². The zero-order valence-electron chi connectivity index (χ0n) is 9.26. The first-order valence-corrected chi connectivity index (χ1v) is 5.07. The SMILES string of the molecule is N#CCN(CC#N)CCOCCOCCO. The summed E-state index contributed by atoms with van der Waals surface area (Å²) in [5, 5.41) is 25.4. The third-order valence-corrected chi connectivity index (χ3v) is 1.75. The summed E-state index contributed by atoms with van der Waals surface area (Å²) < 4.78 is 10.2. The lowest BCUT2D eigenvalue weighted by molar-refractivity contribution is 0.0282. The molecule has 0 aliphatic rings. The second-order valence-electron chi connectivity index (χ2n) is 2.98. The van der Waals surface area contributed by atoms with Gasteiger partial charge in [-0.25, -0.2) is 0 Å². The number of aliphatic hydroxyl groups is 1. The Hall–Kier alpha value is -1.18. The third-order valence-electron chi connectivity index (χ3n) is 1.75. The lowest BCUT2D eigenvalue weighted by atomic mass is 10.5. The highest BCUT2D eigenvalue weighted by molar-refractivity contribution is 4.83. The van der Waals surface area contributed by atoms with E-state index in [2.05, 4.69) is 0 Å².